The van der Waals surface area contributed by atoms with Crippen molar-refractivity contribution >= 4 is 5.97 Å². The molecule has 1 heterocycles. The van der Waals surface area contributed by atoms with Gasteiger partial charge in [0.2, 0.25) is 0 Å². The quantitative estimate of drug-likeness (QED) is 0.634. The summed E-state index contributed by atoms with van der Waals surface area (Å²) >= 11 is 0. The largest absolute Gasteiger partial charge is 0.488 e. The second-order valence-corrected chi connectivity index (χ2v) is 4.23. The summed E-state index contributed by atoms with van der Waals surface area (Å²) in [6.45, 7) is 1.19. The van der Waals surface area contributed by atoms with Gasteiger partial charge < -0.3 is 14.8 Å². The van der Waals surface area contributed by atoms with Crippen LogP contribution in [0.4, 0.5) is 4.39 Å². The Morgan fingerprint density at radius 3 is 3.22 bits per heavy atom. The molecule has 0 radical (unpaired) electrons. The van der Waals surface area contributed by atoms with E-state index in [1.54, 1.807) is 6.07 Å². The third-order valence-corrected chi connectivity index (χ3v) is 2.87. The minimum atomic E-state index is -0.239. The number of carbonyl (C=O) groups excluding carboxylic acids is 1. The predicted molar refractivity (Wildman–Crippen MR) is 64.0 cm³/mol. The maximum Gasteiger partial charge on any atom is 0.306 e. The first-order valence-corrected chi connectivity index (χ1v) is 5.91. The molecule has 18 heavy (non-hydrogen) atoms. The van der Waals surface area contributed by atoms with Crippen LogP contribution in [0, 0.1) is 5.82 Å². The van der Waals surface area contributed by atoms with E-state index in [1.165, 1.54) is 19.2 Å². The third-order valence-electron chi connectivity index (χ3n) is 2.87. The maximum atomic E-state index is 13.0. The van der Waals surface area contributed by atoms with Crippen LogP contribution in [0.1, 0.15) is 12.0 Å². The zero-order valence-corrected chi connectivity index (χ0v) is 10.2. The lowest BCUT2D eigenvalue weighted by atomic mass is 10.1. The van der Waals surface area contributed by atoms with Crippen molar-refractivity contribution in [3.63, 3.8) is 0 Å². The molecule has 1 unspecified atom stereocenters. The van der Waals surface area contributed by atoms with Gasteiger partial charge in [0.15, 0.2) is 0 Å². The fraction of sp³-hybridized carbons (Fsp3) is 0.462. The van der Waals surface area contributed by atoms with Crippen molar-refractivity contribution < 1.29 is 18.7 Å². The Morgan fingerprint density at radius 1 is 1.61 bits per heavy atom. The van der Waals surface area contributed by atoms with Crippen LogP contribution >= 0.6 is 0 Å². The molecular weight excluding hydrogens is 237 g/mol. The lowest BCUT2D eigenvalue weighted by Crippen LogP contribution is -2.31. The first-order valence-electron chi connectivity index (χ1n) is 5.91. The fourth-order valence-electron chi connectivity index (χ4n) is 1.96. The zero-order chi connectivity index (χ0) is 13.0. The summed E-state index contributed by atoms with van der Waals surface area (Å²) in [6, 6.07) is 4.55. The molecule has 2 rings (SSSR count). The minimum Gasteiger partial charge on any atom is -0.488 e. The molecule has 0 aliphatic carbocycles. The van der Waals surface area contributed by atoms with Crippen molar-refractivity contribution in [3.8, 4) is 5.75 Å². The number of fused-ring (bicyclic) bond motifs is 1. The molecule has 0 fully saturated rings. The van der Waals surface area contributed by atoms with Crippen LogP contribution in [0.25, 0.3) is 0 Å². The maximum absolute atomic E-state index is 13.0. The number of hydrogen-bond donors (Lipinski definition) is 1. The Hall–Kier alpha value is -1.62. The molecule has 1 aromatic carbocycles. The van der Waals surface area contributed by atoms with Crippen molar-refractivity contribution in [1.29, 1.82) is 0 Å². The van der Waals surface area contributed by atoms with Crippen molar-refractivity contribution in [2.45, 2.75) is 18.9 Å². The van der Waals surface area contributed by atoms with E-state index < -0.39 is 0 Å². The van der Waals surface area contributed by atoms with Gasteiger partial charge in [-0.25, -0.2) is 4.39 Å². The summed E-state index contributed by atoms with van der Waals surface area (Å²) in [5.74, 6) is 0.271. The van der Waals surface area contributed by atoms with Gasteiger partial charge in [0.25, 0.3) is 0 Å². The molecule has 0 saturated carbocycles. The number of esters is 1. The third kappa shape index (κ3) is 3.20. The summed E-state index contributed by atoms with van der Waals surface area (Å²) in [6.07, 6.45) is 1.03. The highest BCUT2D eigenvalue weighted by Gasteiger charge is 2.22. The highest BCUT2D eigenvalue weighted by Crippen LogP contribution is 2.28. The summed E-state index contributed by atoms with van der Waals surface area (Å²) in [5.41, 5.74) is 0.898. The molecule has 0 amide bonds. The molecule has 0 bridgehead atoms. The molecule has 98 valence electrons. The van der Waals surface area contributed by atoms with E-state index in [0.717, 1.165) is 11.3 Å². The molecule has 1 aliphatic heterocycles. The number of halogens is 1. The van der Waals surface area contributed by atoms with Crippen molar-refractivity contribution in [3.05, 3.63) is 29.6 Å². The van der Waals surface area contributed by atoms with Crippen LogP contribution in [0.15, 0.2) is 18.2 Å². The van der Waals surface area contributed by atoms with Gasteiger partial charge in [0.1, 0.15) is 17.7 Å². The molecule has 1 aliphatic rings. The molecule has 1 N–H and O–H groups in total. The summed E-state index contributed by atoms with van der Waals surface area (Å²) < 4.78 is 23.2. The molecule has 0 saturated heterocycles. The molecule has 1 atom stereocenters. The van der Waals surface area contributed by atoms with Gasteiger partial charge in [-0.15, -0.1) is 0 Å². The number of methoxy groups -OCH3 is 1. The van der Waals surface area contributed by atoms with Gasteiger partial charge in [-0.3, -0.25) is 4.79 Å². The Labute approximate surface area is 105 Å². The molecular formula is C13H16FNO3. The summed E-state index contributed by atoms with van der Waals surface area (Å²) in [5, 5.41) is 3.12. The van der Waals surface area contributed by atoms with Crippen LogP contribution in [0.2, 0.25) is 0 Å². The number of ether oxygens (including phenoxy) is 2. The van der Waals surface area contributed by atoms with Crippen molar-refractivity contribution in [2.24, 2.45) is 0 Å². The summed E-state index contributed by atoms with van der Waals surface area (Å²) in [7, 11) is 1.37. The Morgan fingerprint density at radius 2 is 2.44 bits per heavy atom. The molecule has 5 heteroatoms. The van der Waals surface area contributed by atoms with Gasteiger partial charge in [0.05, 0.1) is 13.5 Å². The molecule has 0 spiro atoms. The predicted octanol–water partition coefficient (Wildman–Crippen LogP) is 1.28. The number of benzene rings is 1. The van der Waals surface area contributed by atoms with Gasteiger partial charge in [-0.2, -0.15) is 0 Å². The fourth-order valence-corrected chi connectivity index (χ4v) is 1.96. The minimum absolute atomic E-state index is 0.000512. The zero-order valence-electron chi connectivity index (χ0n) is 10.2. The molecule has 0 aromatic heterocycles. The Kier molecular flexibility index (Phi) is 4.15. The lowest BCUT2D eigenvalue weighted by molar-refractivity contribution is -0.140. The molecule has 1 aromatic rings. The SMILES string of the molecule is COC(=O)CCNCC1Cc2cc(F)ccc2O1. The first-order chi connectivity index (χ1) is 8.69. The van der Waals surface area contributed by atoms with Gasteiger partial charge in [-0.05, 0) is 18.2 Å². The monoisotopic (exact) mass is 253 g/mol. The highest BCUT2D eigenvalue weighted by molar-refractivity contribution is 5.69. The average molecular weight is 253 g/mol. The van der Waals surface area contributed by atoms with Crippen LogP contribution in [-0.4, -0.2) is 32.3 Å². The van der Waals surface area contributed by atoms with Gasteiger partial charge in [-0.1, -0.05) is 0 Å². The number of rotatable bonds is 5. The van der Waals surface area contributed by atoms with E-state index in [2.05, 4.69) is 10.1 Å². The van der Waals surface area contributed by atoms with Crippen molar-refractivity contribution in [1.82, 2.24) is 5.32 Å². The van der Waals surface area contributed by atoms with Crippen LogP contribution in [0.5, 0.6) is 5.75 Å². The van der Waals surface area contributed by atoms with Gasteiger partial charge in [0, 0.05) is 25.1 Å². The first kappa shape index (κ1) is 12.8. The highest BCUT2D eigenvalue weighted by atomic mass is 19.1. The second-order valence-electron chi connectivity index (χ2n) is 4.23. The lowest BCUT2D eigenvalue weighted by Gasteiger charge is -2.11. The smallest absolute Gasteiger partial charge is 0.306 e. The standard InChI is InChI=1S/C13H16FNO3/c1-17-13(16)4-5-15-8-11-7-9-6-10(14)2-3-12(9)18-11/h2-3,6,11,15H,4-5,7-8H2,1H3. The second kappa shape index (κ2) is 5.82. The summed E-state index contributed by atoms with van der Waals surface area (Å²) in [4.78, 5) is 10.9. The Balaban J connectivity index is 1.73. The van der Waals surface area contributed by atoms with E-state index >= 15 is 0 Å². The topological polar surface area (TPSA) is 47.6 Å². The number of hydrogen-bond acceptors (Lipinski definition) is 4. The number of nitrogens with one attached hydrogen (secondary N) is 1. The van der Waals surface area contributed by atoms with Crippen LogP contribution in [0.3, 0.4) is 0 Å². The number of carbonyl (C=O) groups is 1. The van der Waals surface area contributed by atoms with Crippen LogP contribution in [-0.2, 0) is 16.0 Å². The normalized spacial score (nSPS) is 17.1. The van der Waals surface area contributed by atoms with E-state index in [4.69, 9.17) is 4.74 Å². The van der Waals surface area contributed by atoms with Crippen molar-refractivity contribution in [2.75, 3.05) is 20.2 Å². The Bertz CT molecular complexity index is 436. The van der Waals surface area contributed by atoms with Crippen LogP contribution < -0.4 is 10.1 Å². The van der Waals surface area contributed by atoms with E-state index in [-0.39, 0.29) is 17.9 Å². The van der Waals surface area contributed by atoms with E-state index in [9.17, 15) is 9.18 Å². The van der Waals surface area contributed by atoms with E-state index in [0.29, 0.717) is 25.9 Å². The molecule has 4 nitrogen and oxygen atoms in total. The van der Waals surface area contributed by atoms with Gasteiger partial charge >= 0.3 is 5.97 Å². The average Bonchev–Trinajstić information content (AvgIpc) is 2.76. The van der Waals surface area contributed by atoms with E-state index in [1.807, 2.05) is 0 Å².